The van der Waals surface area contributed by atoms with Crippen LogP contribution >= 0.6 is 0 Å². The van der Waals surface area contributed by atoms with E-state index in [0.717, 1.165) is 35.4 Å². The second-order valence-corrected chi connectivity index (χ2v) is 8.16. The molecule has 1 saturated heterocycles. The zero-order valence-electron chi connectivity index (χ0n) is 18.1. The molecule has 1 unspecified atom stereocenters. The summed E-state index contributed by atoms with van der Waals surface area (Å²) in [5.74, 6) is 0.715. The molecule has 1 aromatic carbocycles. The second kappa shape index (κ2) is 8.90. The highest BCUT2D eigenvalue weighted by Gasteiger charge is 2.29. The Morgan fingerprint density at radius 1 is 1.15 bits per heavy atom. The Kier molecular flexibility index (Phi) is 5.64. The molecule has 1 atom stereocenters. The average molecular weight is 443 g/mol. The molecule has 0 spiro atoms. The molecular formula is C25H22FN5O2. The van der Waals surface area contributed by atoms with Crippen molar-refractivity contribution < 1.29 is 13.7 Å². The van der Waals surface area contributed by atoms with Crippen LogP contribution in [0.15, 0.2) is 65.6 Å². The fourth-order valence-electron chi connectivity index (χ4n) is 4.19. The van der Waals surface area contributed by atoms with Crippen molar-refractivity contribution >= 4 is 5.91 Å². The van der Waals surface area contributed by atoms with E-state index in [1.807, 2.05) is 30.0 Å². The summed E-state index contributed by atoms with van der Waals surface area (Å²) in [7, 11) is 0. The van der Waals surface area contributed by atoms with Gasteiger partial charge in [-0.05, 0) is 56.2 Å². The molecule has 166 valence electrons. The van der Waals surface area contributed by atoms with Gasteiger partial charge >= 0.3 is 0 Å². The summed E-state index contributed by atoms with van der Waals surface area (Å²) in [5, 5.41) is 4.02. The van der Waals surface area contributed by atoms with Crippen LogP contribution in [0.4, 0.5) is 4.39 Å². The molecule has 0 bridgehead atoms. The predicted octanol–water partition coefficient (Wildman–Crippen LogP) is 4.66. The van der Waals surface area contributed by atoms with Crippen molar-refractivity contribution in [1.82, 2.24) is 25.0 Å². The lowest BCUT2D eigenvalue weighted by Gasteiger charge is -2.33. The lowest BCUT2D eigenvalue weighted by molar-refractivity contribution is 0.0706. The van der Waals surface area contributed by atoms with Crippen LogP contribution in [0.5, 0.6) is 0 Å². The number of rotatable bonds is 4. The SMILES string of the molecule is Cc1cc(-c2cnc(-c3ccncc3)nc2C2CCCN(C(=O)c3ccc(F)cc3)C2)on1. The maximum absolute atomic E-state index is 13.3. The van der Waals surface area contributed by atoms with E-state index in [1.54, 1.807) is 18.6 Å². The molecule has 5 rings (SSSR count). The molecule has 4 heterocycles. The van der Waals surface area contributed by atoms with Crippen molar-refractivity contribution in [2.45, 2.75) is 25.7 Å². The number of carbonyl (C=O) groups is 1. The highest BCUT2D eigenvalue weighted by molar-refractivity contribution is 5.94. The summed E-state index contributed by atoms with van der Waals surface area (Å²) < 4.78 is 18.8. The topological polar surface area (TPSA) is 85.0 Å². The summed E-state index contributed by atoms with van der Waals surface area (Å²) in [4.78, 5) is 28.4. The molecule has 7 nitrogen and oxygen atoms in total. The number of amides is 1. The number of likely N-dealkylation sites (tertiary alicyclic amines) is 1. The van der Waals surface area contributed by atoms with E-state index in [2.05, 4.69) is 15.1 Å². The van der Waals surface area contributed by atoms with Gasteiger partial charge < -0.3 is 9.42 Å². The van der Waals surface area contributed by atoms with E-state index in [9.17, 15) is 9.18 Å². The van der Waals surface area contributed by atoms with Crippen LogP contribution in [0.25, 0.3) is 22.7 Å². The largest absolute Gasteiger partial charge is 0.356 e. The summed E-state index contributed by atoms with van der Waals surface area (Å²) in [6.07, 6.45) is 6.88. The number of pyridine rings is 1. The maximum Gasteiger partial charge on any atom is 0.253 e. The van der Waals surface area contributed by atoms with Gasteiger partial charge in [-0.3, -0.25) is 9.78 Å². The molecule has 0 radical (unpaired) electrons. The Morgan fingerprint density at radius 3 is 2.67 bits per heavy atom. The number of aryl methyl sites for hydroxylation is 1. The number of nitrogens with zero attached hydrogens (tertiary/aromatic N) is 5. The van der Waals surface area contributed by atoms with Crippen LogP contribution in [-0.2, 0) is 0 Å². The minimum Gasteiger partial charge on any atom is -0.356 e. The van der Waals surface area contributed by atoms with Crippen LogP contribution in [0, 0.1) is 12.7 Å². The fraction of sp³-hybridized carbons (Fsp3) is 0.240. The third-order valence-electron chi connectivity index (χ3n) is 5.84. The molecule has 0 aliphatic carbocycles. The van der Waals surface area contributed by atoms with Crippen LogP contribution in [0.2, 0.25) is 0 Å². The van der Waals surface area contributed by atoms with Gasteiger partial charge in [0.15, 0.2) is 11.6 Å². The molecule has 1 aliphatic rings. The Bertz CT molecular complexity index is 1270. The van der Waals surface area contributed by atoms with Gasteiger partial charge in [-0.15, -0.1) is 0 Å². The molecule has 0 saturated carbocycles. The van der Waals surface area contributed by atoms with Crippen LogP contribution in [-0.4, -0.2) is 44.0 Å². The van der Waals surface area contributed by atoms with Gasteiger partial charge in [0.2, 0.25) is 0 Å². The third-order valence-corrected chi connectivity index (χ3v) is 5.84. The molecule has 8 heteroatoms. The highest BCUT2D eigenvalue weighted by Crippen LogP contribution is 2.35. The summed E-state index contributed by atoms with van der Waals surface area (Å²) >= 11 is 0. The molecule has 1 fully saturated rings. The van der Waals surface area contributed by atoms with Crippen LogP contribution < -0.4 is 0 Å². The number of carbonyl (C=O) groups excluding carboxylic acids is 1. The Morgan fingerprint density at radius 2 is 1.94 bits per heavy atom. The first-order chi connectivity index (χ1) is 16.1. The smallest absolute Gasteiger partial charge is 0.253 e. The van der Waals surface area contributed by atoms with Crippen molar-refractivity contribution in [3.8, 4) is 22.7 Å². The lowest BCUT2D eigenvalue weighted by Crippen LogP contribution is -2.39. The first-order valence-corrected chi connectivity index (χ1v) is 10.8. The van der Waals surface area contributed by atoms with Crippen LogP contribution in [0.3, 0.4) is 0 Å². The second-order valence-electron chi connectivity index (χ2n) is 8.16. The molecule has 0 N–H and O–H groups in total. The summed E-state index contributed by atoms with van der Waals surface area (Å²) in [5.41, 5.74) is 3.70. The van der Waals surface area contributed by atoms with Gasteiger partial charge in [0, 0.05) is 54.8 Å². The van der Waals surface area contributed by atoms with E-state index in [4.69, 9.17) is 9.51 Å². The Hall–Kier alpha value is -3.94. The van der Waals surface area contributed by atoms with Gasteiger partial charge in [0.1, 0.15) is 5.82 Å². The van der Waals surface area contributed by atoms with E-state index < -0.39 is 0 Å². The van der Waals surface area contributed by atoms with E-state index >= 15 is 0 Å². The molecule has 1 aliphatic heterocycles. The standard InChI is InChI=1S/C25H22FN5O2/c1-16-13-22(33-30-16)21-14-28-24(17-8-10-27-11-9-17)29-23(21)19-3-2-12-31(15-19)25(32)18-4-6-20(26)7-5-18/h4-11,13-14,19H,2-3,12,15H2,1H3. The zero-order chi connectivity index (χ0) is 22.8. The number of hydrogen-bond donors (Lipinski definition) is 0. The van der Waals surface area contributed by atoms with Crippen molar-refractivity contribution in [3.63, 3.8) is 0 Å². The average Bonchev–Trinajstić information content (AvgIpc) is 3.30. The van der Waals surface area contributed by atoms with Crippen molar-refractivity contribution in [2.24, 2.45) is 0 Å². The van der Waals surface area contributed by atoms with E-state index in [-0.39, 0.29) is 17.6 Å². The molecule has 3 aromatic heterocycles. The van der Waals surface area contributed by atoms with Crippen LogP contribution in [0.1, 0.15) is 40.5 Å². The van der Waals surface area contributed by atoms with Crippen molar-refractivity contribution in [2.75, 3.05) is 13.1 Å². The fourth-order valence-corrected chi connectivity index (χ4v) is 4.19. The minimum absolute atomic E-state index is 0.00728. The quantitative estimate of drug-likeness (QED) is 0.456. The molecule has 4 aromatic rings. The molecular weight excluding hydrogens is 421 g/mol. The van der Waals surface area contributed by atoms with Gasteiger partial charge in [-0.25, -0.2) is 14.4 Å². The van der Waals surface area contributed by atoms with E-state index in [1.165, 1.54) is 24.3 Å². The van der Waals surface area contributed by atoms with Gasteiger partial charge in [-0.2, -0.15) is 0 Å². The third kappa shape index (κ3) is 4.37. The molecule has 33 heavy (non-hydrogen) atoms. The number of benzene rings is 1. The zero-order valence-corrected chi connectivity index (χ0v) is 18.1. The Balaban J connectivity index is 1.50. The number of aromatic nitrogens is 4. The number of hydrogen-bond acceptors (Lipinski definition) is 6. The number of halogens is 1. The highest BCUT2D eigenvalue weighted by atomic mass is 19.1. The number of piperidine rings is 1. The monoisotopic (exact) mass is 443 g/mol. The normalized spacial score (nSPS) is 16.1. The van der Waals surface area contributed by atoms with Gasteiger partial charge in [0.25, 0.3) is 5.91 Å². The van der Waals surface area contributed by atoms with Crippen molar-refractivity contribution in [3.05, 3.63) is 83.8 Å². The van der Waals surface area contributed by atoms with Gasteiger partial charge in [0.05, 0.1) is 17.0 Å². The predicted molar refractivity (Wildman–Crippen MR) is 120 cm³/mol. The minimum atomic E-state index is -0.361. The lowest BCUT2D eigenvalue weighted by atomic mass is 9.90. The van der Waals surface area contributed by atoms with E-state index in [0.29, 0.717) is 30.2 Å². The summed E-state index contributed by atoms with van der Waals surface area (Å²) in [6, 6.07) is 11.3. The Labute approximate surface area is 190 Å². The summed E-state index contributed by atoms with van der Waals surface area (Å²) in [6.45, 7) is 3.01. The van der Waals surface area contributed by atoms with Crippen molar-refractivity contribution in [1.29, 1.82) is 0 Å². The van der Waals surface area contributed by atoms with Gasteiger partial charge in [-0.1, -0.05) is 5.16 Å². The maximum atomic E-state index is 13.3. The first kappa shape index (κ1) is 20.9. The first-order valence-electron chi connectivity index (χ1n) is 10.8. The molecule has 1 amide bonds.